The van der Waals surface area contributed by atoms with Crippen molar-refractivity contribution in [1.82, 2.24) is 0 Å². The van der Waals surface area contributed by atoms with E-state index in [4.69, 9.17) is 4.74 Å². The van der Waals surface area contributed by atoms with Gasteiger partial charge in [-0.1, -0.05) is 31.6 Å². The average molecular weight is 278 g/mol. The van der Waals surface area contributed by atoms with Gasteiger partial charge in [-0.25, -0.2) is 0 Å². The number of carbonyl (C=O) groups is 1. The highest BCUT2D eigenvalue weighted by Crippen LogP contribution is 2.61. The van der Waals surface area contributed by atoms with Crippen LogP contribution in [0.5, 0.6) is 0 Å². The van der Waals surface area contributed by atoms with Crippen LogP contribution in [0, 0.1) is 17.3 Å². The van der Waals surface area contributed by atoms with Gasteiger partial charge in [0.15, 0.2) is 6.10 Å². The number of esters is 1. The number of aliphatic hydroxyl groups excluding tert-OH is 1. The van der Waals surface area contributed by atoms with Crippen LogP contribution in [0.1, 0.15) is 47.5 Å². The van der Waals surface area contributed by atoms with Crippen LogP contribution >= 0.6 is 0 Å². The predicted molar refractivity (Wildman–Crippen MR) is 79.1 cm³/mol. The molecule has 0 amide bonds. The van der Waals surface area contributed by atoms with Crippen molar-refractivity contribution < 1.29 is 14.6 Å². The molecule has 0 unspecified atom stereocenters. The summed E-state index contributed by atoms with van der Waals surface area (Å²) < 4.78 is 5.33. The number of carbonyl (C=O) groups excluding carboxylic acids is 1. The van der Waals surface area contributed by atoms with Crippen LogP contribution < -0.4 is 0 Å². The molecule has 1 N–H and O–H groups in total. The van der Waals surface area contributed by atoms with Crippen molar-refractivity contribution in [1.29, 1.82) is 0 Å². The number of hydrogen-bond donors (Lipinski definition) is 1. The predicted octanol–water partition coefficient (Wildman–Crippen LogP) is 3.24. The van der Waals surface area contributed by atoms with Gasteiger partial charge in [0.25, 0.3) is 0 Å². The zero-order chi connectivity index (χ0) is 15.1. The average Bonchev–Trinajstić information content (AvgIpc) is 2.83. The fourth-order valence-corrected chi connectivity index (χ4v) is 3.50. The largest absolute Gasteiger partial charge is 0.455 e. The van der Waals surface area contributed by atoms with Crippen molar-refractivity contribution in [2.24, 2.45) is 17.3 Å². The standard InChI is InChI=1S/C17H26O3/c1-10-6-7-13-14(17(13,4)5)9-11(2)16(15(19)8-10)20-12(3)18/h8-9,13-16,19H,6-7H2,1-5H3/b10-8+,11-9+/t13-,14+,15+,16+/m0/s1. The van der Waals surface area contributed by atoms with E-state index in [1.807, 2.05) is 19.9 Å². The van der Waals surface area contributed by atoms with E-state index in [-0.39, 0.29) is 5.97 Å². The molecule has 20 heavy (non-hydrogen) atoms. The normalized spacial score (nSPS) is 41.5. The van der Waals surface area contributed by atoms with Gasteiger partial charge in [-0.3, -0.25) is 4.79 Å². The van der Waals surface area contributed by atoms with Gasteiger partial charge < -0.3 is 9.84 Å². The Balaban J connectivity index is 2.31. The van der Waals surface area contributed by atoms with Crippen molar-refractivity contribution in [2.75, 3.05) is 0 Å². The van der Waals surface area contributed by atoms with Crippen LogP contribution in [0.2, 0.25) is 0 Å². The quantitative estimate of drug-likeness (QED) is 0.591. The van der Waals surface area contributed by atoms with Crippen LogP contribution in [0.4, 0.5) is 0 Å². The first kappa shape index (κ1) is 15.3. The first-order valence-electron chi connectivity index (χ1n) is 7.44. The van der Waals surface area contributed by atoms with Gasteiger partial charge in [0.1, 0.15) is 6.10 Å². The molecule has 0 aromatic carbocycles. The topological polar surface area (TPSA) is 46.5 Å². The van der Waals surface area contributed by atoms with Gasteiger partial charge in [0, 0.05) is 6.92 Å². The summed E-state index contributed by atoms with van der Waals surface area (Å²) in [6.45, 7) is 9.96. The number of allylic oxidation sites excluding steroid dienone is 2. The molecule has 0 heterocycles. The van der Waals surface area contributed by atoms with Gasteiger partial charge in [-0.05, 0) is 49.5 Å². The first-order valence-corrected chi connectivity index (χ1v) is 7.44. The van der Waals surface area contributed by atoms with Crippen molar-refractivity contribution in [3.05, 3.63) is 23.3 Å². The van der Waals surface area contributed by atoms with E-state index in [2.05, 4.69) is 19.9 Å². The molecular weight excluding hydrogens is 252 g/mol. The second-order valence-electron chi connectivity index (χ2n) is 6.94. The number of rotatable bonds is 1. The van der Waals surface area contributed by atoms with E-state index >= 15 is 0 Å². The fraction of sp³-hybridized carbons (Fsp3) is 0.706. The summed E-state index contributed by atoms with van der Waals surface area (Å²) >= 11 is 0. The van der Waals surface area contributed by atoms with E-state index in [0.717, 1.165) is 18.4 Å². The highest BCUT2D eigenvalue weighted by atomic mass is 16.6. The Bertz CT molecular complexity index is 459. The lowest BCUT2D eigenvalue weighted by molar-refractivity contribution is -0.148. The summed E-state index contributed by atoms with van der Waals surface area (Å²) in [5.74, 6) is 0.865. The van der Waals surface area contributed by atoms with E-state index in [1.165, 1.54) is 12.5 Å². The molecule has 0 radical (unpaired) electrons. The second kappa shape index (κ2) is 5.36. The highest BCUT2D eigenvalue weighted by molar-refractivity contribution is 5.66. The molecule has 3 nitrogen and oxygen atoms in total. The molecule has 2 rings (SSSR count). The Morgan fingerprint density at radius 3 is 2.60 bits per heavy atom. The lowest BCUT2D eigenvalue weighted by Crippen LogP contribution is -2.31. The maximum Gasteiger partial charge on any atom is 0.303 e. The molecule has 0 bridgehead atoms. The molecule has 0 spiro atoms. The van der Waals surface area contributed by atoms with Crippen LogP contribution in [-0.4, -0.2) is 23.3 Å². The smallest absolute Gasteiger partial charge is 0.303 e. The lowest BCUT2D eigenvalue weighted by Gasteiger charge is -2.23. The molecule has 4 atom stereocenters. The molecule has 0 aromatic rings. The molecule has 3 heteroatoms. The Morgan fingerprint density at radius 1 is 1.35 bits per heavy atom. The van der Waals surface area contributed by atoms with Crippen LogP contribution in [0.25, 0.3) is 0 Å². The maximum absolute atomic E-state index is 11.3. The Morgan fingerprint density at radius 2 is 2.00 bits per heavy atom. The molecular formula is C17H26O3. The molecule has 1 saturated carbocycles. The van der Waals surface area contributed by atoms with Gasteiger partial charge in [-0.15, -0.1) is 0 Å². The van der Waals surface area contributed by atoms with Crippen LogP contribution in [0.3, 0.4) is 0 Å². The molecule has 2 aliphatic rings. The highest BCUT2D eigenvalue weighted by Gasteiger charge is 2.55. The van der Waals surface area contributed by atoms with Gasteiger partial charge in [-0.2, -0.15) is 0 Å². The van der Waals surface area contributed by atoms with E-state index in [1.54, 1.807) is 0 Å². The monoisotopic (exact) mass is 278 g/mol. The summed E-state index contributed by atoms with van der Waals surface area (Å²) in [6.07, 6.45) is 4.89. The molecule has 0 saturated heterocycles. The Labute approximate surface area is 121 Å². The molecule has 2 aliphatic carbocycles. The van der Waals surface area contributed by atoms with Crippen molar-refractivity contribution >= 4 is 5.97 Å². The number of aliphatic hydroxyl groups is 1. The van der Waals surface area contributed by atoms with Crippen molar-refractivity contribution in [3.8, 4) is 0 Å². The van der Waals surface area contributed by atoms with Crippen molar-refractivity contribution in [2.45, 2.75) is 59.7 Å². The van der Waals surface area contributed by atoms with E-state index in [0.29, 0.717) is 17.3 Å². The fourth-order valence-electron chi connectivity index (χ4n) is 3.50. The molecule has 1 fully saturated rings. The van der Waals surface area contributed by atoms with Crippen LogP contribution in [-0.2, 0) is 9.53 Å². The minimum Gasteiger partial charge on any atom is -0.455 e. The van der Waals surface area contributed by atoms with E-state index < -0.39 is 12.2 Å². The van der Waals surface area contributed by atoms with Crippen LogP contribution in [0.15, 0.2) is 23.3 Å². The summed E-state index contributed by atoms with van der Waals surface area (Å²) in [5, 5.41) is 10.3. The summed E-state index contributed by atoms with van der Waals surface area (Å²) in [7, 11) is 0. The third kappa shape index (κ3) is 2.98. The summed E-state index contributed by atoms with van der Waals surface area (Å²) in [5.41, 5.74) is 2.45. The maximum atomic E-state index is 11.3. The number of fused-ring (bicyclic) bond motifs is 1. The molecule has 112 valence electrons. The minimum atomic E-state index is -0.756. The number of ether oxygens (including phenoxy) is 1. The minimum absolute atomic E-state index is 0.317. The second-order valence-corrected chi connectivity index (χ2v) is 6.94. The Hall–Kier alpha value is -1.09. The zero-order valence-electron chi connectivity index (χ0n) is 13.1. The summed E-state index contributed by atoms with van der Waals surface area (Å²) in [4.78, 5) is 11.3. The van der Waals surface area contributed by atoms with Crippen molar-refractivity contribution in [3.63, 3.8) is 0 Å². The third-order valence-electron chi connectivity index (χ3n) is 4.94. The van der Waals surface area contributed by atoms with Gasteiger partial charge in [0.2, 0.25) is 0 Å². The molecule has 0 aromatic heterocycles. The zero-order valence-corrected chi connectivity index (χ0v) is 13.1. The van der Waals surface area contributed by atoms with E-state index in [9.17, 15) is 9.90 Å². The lowest BCUT2D eigenvalue weighted by atomic mass is 9.97. The Kier molecular flexibility index (Phi) is 4.10. The molecule has 0 aliphatic heterocycles. The van der Waals surface area contributed by atoms with Gasteiger partial charge in [0.05, 0.1) is 0 Å². The van der Waals surface area contributed by atoms with Gasteiger partial charge >= 0.3 is 5.97 Å². The number of hydrogen-bond acceptors (Lipinski definition) is 3. The third-order valence-corrected chi connectivity index (χ3v) is 4.94. The first-order chi connectivity index (χ1) is 9.23. The SMILES string of the molecule is CC(=O)O[C@@H]1/C(C)=C/[C@@H]2[C@H](CC/C(C)=C/[C@H]1O)C2(C)C. The summed E-state index contributed by atoms with van der Waals surface area (Å²) in [6, 6.07) is 0.